The van der Waals surface area contributed by atoms with Crippen LogP contribution in [0.4, 0.5) is 0 Å². The molecule has 1 atom stereocenters. The molecule has 8 heteroatoms. The van der Waals surface area contributed by atoms with Crippen molar-refractivity contribution in [3.63, 3.8) is 0 Å². The van der Waals surface area contributed by atoms with E-state index in [4.69, 9.17) is 4.74 Å². The Labute approximate surface area is 169 Å². The van der Waals surface area contributed by atoms with E-state index < -0.39 is 9.45 Å². The van der Waals surface area contributed by atoms with E-state index in [-0.39, 0.29) is 28.9 Å². The Morgan fingerprint density at radius 1 is 1.36 bits per heavy atom. The van der Waals surface area contributed by atoms with Crippen LogP contribution in [-0.2, 0) is 43.5 Å². The predicted octanol–water partition coefficient (Wildman–Crippen LogP) is 2.66. The van der Waals surface area contributed by atoms with Crippen molar-refractivity contribution >= 4 is 25.5 Å². The van der Waals surface area contributed by atoms with E-state index in [1.54, 1.807) is 13.1 Å². The van der Waals surface area contributed by atoms with E-state index in [1.807, 2.05) is 13.0 Å². The molecule has 0 saturated heterocycles. The molecule has 6 nitrogen and oxygen atoms in total. The Kier molecular flexibility index (Phi) is 6.21. The van der Waals surface area contributed by atoms with Crippen LogP contribution in [0.5, 0.6) is 0 Å². The predicted molar refractivity (Wildman–Crippen MR) is 112 cm³/mol. The maximum atomic E-state index is 13.2. The van der Waals surface area contributed by atoms with Crippen molar-refractivity contribution in [2.75, 3.05) is 12.4 Å². The SMILES string of the molecule is CCCOCc1c(C(=O)c2c[nH]n(C)c2=O)ccc2c1S(=S=O)CCC2(C)C. The number of fused-ring (bicyclic) bond motifs is 1. The maximum absolute atomic E-state index is 13.2. The Hall–Kier alpha value is -1.77. The highest BCUT2D eigenvalue weighted by Gasteiger charge is 2.34. The van der Waals surface area contributed by atoms with Gasteiger partial charge >= 0.3 is 0 Å². The number of nitrogens with one attached hydrogen (secondary N) is 1. The van der Waals surface area contributed by atoms with E-state index in [1.165, 1.54) is 10.9 Å². The molecule has 1 aromatic carbocycles. The van der Waals surface area contributed by atoms with Gasteiger partial charge in [0.2, 0.25) is 5.78 Å². The molecule has 0 saturated carbocycles. The van der Waals surface area contributed by atoms with Crippen LogP contribution in [0.2, 0.25) is 0 Å². The van der Waals surface area contributed by atoms with Gasteiger partial charge in [0, 0.05) is 41.6 Å². The van der Waals surface area contributed by atoms with Crippen LogP contribution >= 0.6 is 0 Å². The number of aryl methyl sites for hydroxylation is 1. The molecule has 0 radical (unpaired) electrons. The molecular weight excluding hydrogens is 396 g/mol. The number of carbonyl (C=O) groups excluding carboxylic acids is 1. The third-order valence-corrected chi connectivity index (χ3v) is 8.39. The second kappa shape index (κ2) is 8.31. The van der Waals surface area contributed by atoms with Crippen LogP contribution < -0.4 is 5.56 Å². The van der Waals surface area contributed by atoms with E-state index in [2.05, 4.69) is 18.9 Å². The summed E-state index contributed by atoms with van der Waals surface area (Å²) in [6.45, 7) is 7.20. The number of aromatic nitrogens is 2. The van der Waals surface area contributed by atoms with Gasteiger partial charge in [-0.2, -0.15) is 0 Å². The topological polar surface area (TPSA) is 81.2 Å². The number of aromatic amines is 1. The van der Waals surface area contributed by atoms with Crippen molar-refractivity contribution in [2.45, 2.75) is 50.5 Å². The minimum atomic E-state index is -0.536. The molecule has 1 unspecified atom stereocenters. The summed E-state index contributed by atoms with van der Waals surface area (Å²) in [4.78, 5) is 26.4. The number of nitrogens with zero attached hydrogens (tertiary/aromatic N) is 1. The zero-order chi connectivity index (χ0) is 20.5. The summed E-state index contributed by atoms with van der Waals surface area (Å²) in [5.41, 5.74) is 2.00. The third kappa shape index (κ3) is 3.73. The van der Waals surface area contributed by atoms with E-state index in [9.17, 15) is 13.8 Å². The molecule has 2 heterocycles. The summed E-state index contributed by atoms with van der Waals surface area (Å²) >= 11 is 0. The largest absolute Gasteiger partial charge is 0.377 e. The number of ether oxygens (including phenoxy) is 1. The van der Waals surface area contributed by atoms with Crippen molar-refractivity contribution < 1.29 is 13.7 Å². The van der Waals surface area contributed by atoms with Crippen LogP contribution in [0.3, 0.4) is 0 Å². The third-order valence-electron chi connectivity index (χ3n) is 5.23. The van der Waals surface area contributed by atoms with Gasteiger partial charge in [0.05, 0.1) is 6.61 Å². The van der Waals surface area contributed by atoms with Crippen LogP contribution in [0.25, 0.3) is 0 Å². The van der Waals surface area contributed by atoms with Crippen LogP contribution in [0, 0.1) is 0 Å². The first-order valence-electron chi connectivity index (χ1n) is 9.36. The lowest BCUT2D eigenvalue weighted by Gasteiger charge is -2.35. The Morgan fingerprint density at radius 2 is 2.11 bits per heavy atom. The Morgan fingerprint density at radius 3 is 2.71 bits per heavy atom. The average molecular weight is 423 g/mol. The molecule has 28 heavy (non-hydrogen) atoms. The highest BCUT2D eigenvalue weighted by molar-refractivity contribution is 8.31. The normalized spacial score (nSPS) is 17.9. The number of H-pyrrole nitrogens is 1. The van der Waals surface area contributed by atoms with Crippen molar-refractivity contribution in [3.8, 4) is 0 Å². The molecule has 0 fully saturated rings. The Balaban J connectivity index is 2.23. The minimum absolute atomic E-state index is 0.0696. The van der Waals surface area contributed by atoms with Gasteiger partial charge < -0.3 is 9.84 Å². The first kappa shape index (κ1) is 21.0. The summed E-state index contributed by atoms with van der Waals surface area (Å²) in [7, 11) is 1.64. The Bertz CT molecular complexity index is 1030. The van der Waals surface area contributed by atoms with Crippen LogP contribution in [-0.4, -0.2) is 32.1 Å². The molecule has 1 aliphatic rings. The van der Waals surface area contributed by atoms with Crippen molar-refractivity contribution in [3.05, 3.63) is 50.9 Å². The zero-order valence-corrected chi connectivity index (χ0v) is 18.3. The number of carbonyl (C=O) groups is 1. The molecule has 152 valence electrons. The lowest BCUT2D eigenvalue weighted by atomic mass is 9.80. The van der Waals surface area contributed by atoms with Crippen LogP contribution in [0.1, 0.15) is 60.7 Å². The van der Waals surface area contributed by atoms with Crippen molar-refractivity contribution in [1.29, 1.82) is 0 Å². The minimum Gasteiger partial charge on any atom is -0.377 e. The first-order chi connectivity index (χ1) is 13.3. The number of rotatable bonds is 6. The monoisotopic (exact) mass is 422 g/mol. The highest BCUT2D eigenvalue weighted by Crippen LogP contribution is 2.40. The van der Waals surface area contributed by atoms with E-state index in [0.29, 0.717) is 22.4 Å². The molecule has 2 aromatic rings. The van der Waals surface area contributed by atoms with Gasteiger partial charge in [-0.25, -0.2) is 4.21 Å². The van der Waals surface area contributed by atoms with Gasteiger partial charge in [-0.05, 0) is 23.8 Å². The number of hydrogen-bond donors (Lipinski definition) is 1. The molecule has 1 N–H and O–H groups in total. The molecule has 0 amide bonds. The molecular formula is C20H26N2O4S2. The number of hydrogen-bond acceptors (Lipinski definition) is 4. The number of ketones is 1. The second-order valence-electron chi connectivity index (χ2n) is 7.65. The van der Waals surface area contributed by atoms with Crippen LogP contribution in [0.15, 0.2) is 28.0 Å². The first-order valence-corrected chi connectivity index (χ1v) is 12.0. The quantitative estimate of drug-likeness (QED) is 0.573. The van der Waals surface area contributed by atoms with Gasteiger partial charge in [0.1, 0.15) is 15.8 Å². The average Bonchev–Trinajstić information content (AvgIpc) is 3.00. The summed E-state index contributed by atoms with van der Waals surface area (Å²) in [6, 6.07) is 3.75. The fourth-order valence-electron chi connectivity index (χ4n) is 3.52. The van der Waals surface area contributed by atoms with Gasteiger partial charge in [0.25, 0.3) is 5.56 Å². The van der Waals surface area contributed by atoms with Gasteiger partial charge in [-0.15, -0.1) is 0 Å². The lowest BCUT2D eigenvalue weighted by molar-refractivity contribution is 0.101. The maximum Gasteiger partial charge on any atom is 0.277 e. The van der Waals surface area contributed by atoms with Gasteiger partial charge in [0.15, 0.2) is 0 Å². The summed E-state index contributed by atoms with van der Waals surface area (Å²) in [5, 5.41) is 2.75. The molecule has 1 aliphatic heterocycles. The molecule has 0 bridgehead atoms. The van der Waals surface area contributed by atoms with Crippen molar-refractivity contribution in [2.24, 2.45) is 7.05 Å². The lowest BCUT2D eigenvalue weighted by Crippen LogP contribution is -2.30. The van der Waals surface area contributed by atoms with E-state index in [0.717, 1.165) is 34.6 Å². The molecule has 1 aromatic heterocycles. The molecule has 3 rings (SSSR count). The fourth-order valence-corrected chi connectivity index (χ4v) is 6.82. The fraction of sp³-hybridized carbons (Fsp3) is 0.500. The van der Waals surface area contributed by atoms with Crippen molar-refractivity contribution in [1.82, 2.24) is 9.78 Å². The summed E-state index contributed by atoms with van der Waals surface area (Å²) < 4.78 is 19.0. The smallest absolute Gasteiger partial charge is 0.277 e. The van der Waals surface area contributed by atoms with E-state index >= 15 is 0 Å². The van der Waals surface area contributed by atoms with Gasteiger partial charge in [-0.3, -0.25) is 14.3 Å². The standard InChI is InChI=1S/C20H26N2O4S2/c1-5-9-26-12-15-13(17(23)14-11-21-22(4)19(14)24)6-7-16-18(15)28(27-25)10-8-20(16,2)3/h6-7,11,21H,5,8-10,12H2,1-4H3. The second-order valence-corrected chi connectivity index (χ2v) is 10.9. The molecule has 0 spiro atoms. The highest BCUT2D eigenvalue weighted by atomic mass is 32.8. The summed E-state index contributed by atoms with van der Waals surface area (Å²) in [5.74, 6) is 0.459. The zero-order valence-electron chi connectivity index (χ0n) is 16.7. The van der Waals surface area contributed by atoms with Gasteiger partial charge in [-0.1, -0.05) is 42.4 Å². The summed E-state index contributed by atoms with van der Waals surface area (Å²) in [6.07, 6.45) is 3.23. The molecule has 0 aliphatic carbocycles. The number of benzene rings is 1.